The van der Waals surface area contributed by atoms with Gasteiger partial charge in [-0.05, 0) is 18.6 Å². The molecule has 0 spiro atoms. The van der Waals surface area contributed by atoms with E-state index in [2.05, 4.69) is 6.92 Å². The number of methoxy groups -OCH3 is 2. The Hall–Kier alpha value is -0.670. The van der Waals surface area contributed by atoms with E-state index in [4.69, 9.17) is 9.47 Å². The number of unbranched alkanes of at least 4 members (excludes halogenated alkanes) is 2. The molecule has 0 radical (unpaired) electrons. The number of hydrogen-bond donors (Lipinski definition) is 0. The normalized spacial score (nSPS) is 11.4. The maximum absolute atomic E-state index is 11.3. The Morgan fingerprint density at radius 2 is 1.93 bits per heavy atom. The van der Waals surface area contributed by atoms with Gasteiger partial charge in [0.05, 0.1) is 0 Å². The smallest absolute Gasteiger partial charge is 0.176 e. The molecule has 0 rings (SSSR count). The van der Waals surface area contributed by atoms with E-state index in [1.165, 1.54) is 6.08 Å². The van der Waals surface area contributed by atoms with Crippen molar-refractivity contribution >= 4 is 5.78 Å². The predicted molar refractivity (Wildman–Crippen MR) is 56.1 cm³/mol. The molecular weight excluding hydrogens is 180 g/mol. The lowest BCUT2D eigenvalue weighted by atomic mass is 10.1. The Bertz CT molecular complexity index is 171. The van der Waals surface area contributed by atoms with Gasteiger partial charge in [-0.3, -0.25) is 4.79 Å². The van der Waals surface area contributed by atoms with Gasteiger partial charge in [0, 0.05) is 20.6 Å². The molecule has 0 bridgehead atoms. The maximum Gasteiger partial charge on any atom is 0.176 e. The summed E-state index contributed by atoms with van der Waals surface area (Å²) in [5, 5.41) is 0. The van der Waals surface area contributed by atoms with Crippen LogP contribution in [0.1, 0.15) is 32.6 Å². The van der Waals surface area contributed by atoms with Crippen LogP contribution in [0, 0.1) is 0 Å². The summed E-state index contributed by atoms with van der Waals surface area (Å²) in [6, 6.07) is 0. The van der Waals surface area contributed by atoms with Crippen LogP contribution in [0.25, 0.3) is 0 Å². The molecule has 0 aliphatic heterocycles. The van der Waals surface area contributed by atoms with Gasteiger partial charge < -0.3 is 9.47 Å². The Morgan fingerprint density at radius 3 is 2.43 bits per heavy atom. The summed E-state index contributed by atoms with van der Waals surface area (Å²) >= 11 is 0. The minimum Gasteiger partial charge on any atom is -0.352 e. The Kier molecular flexibility index (Phi) is 8.48. The first-order valence-corrected chi connectivity index (χ1v) is 5.01. The number of rotatable bonds is 8. The van der Waals surface area contributed by atoms with E-state index in [0.29, 0.717) is 6.42 Å². The highest BCUT2D eigenvalue weighted by molar-refractivity contribution is 5.89. The summed E-state index contributed by atoms with van der Waals surface area (Å²) in [5.41, 5.74) is 0. The third kappa shape index (κ3) is 6.80. The zero-order valence-electron chi connectivity index (χ0n) is 9.29. The molecule has 14 heavy (non-hydrogen) atoms. The van der Waals surface area contributed by atoms with Gasteiger partial charge in [0.15, 0.2) is 12.1 Å². The molecule has 0 saturated heterocycles. The lowest BCUT2D eigenvalue weighted by Gasteiger charge is -2.06. The summed E-state index contributed by atoms with van der Waals surface area (Å²) in [7, 11) is 3.08. The topological polar surface area (TPSA) is 35.5 Å². The fourth-order valence-electron chi connectivity index (χ4n) is 1.07. The van der Waals surface area contributed by atoms with Crippen molar-refractivity contribution in [3.63, 3.8) is 0 Å². The van der Waals surface area contributed by atoms with Crippen LogP contribution >= 0.6 is 0 Å². The molecule has 0 heterocycles. The fourth-order valence-corrected chi connectivity index (χ4v) is 1.07. The number of allylic oxidation sites excluding steroid dienone is 1. The molecule has 0 fully saturated rings. The van der Waals surface area contributed by atoms with Gasteiger partial charge in [0.2, 0.25) is 0 Å². The highest BCUT2D eigenvalue weighted by Crippen LogP contribution is 2.01. The van der Waals surface area contributed by atoms with Crippen molar-refractivity contribution in [2.45, 2.75) is 38.9 Å². The predicted octanol–water partition coefficient (Wildman–Crippen LogP) is 2.31. The van der Waals surface area contributed by atoms with Gasteiger partial charge in [-0.2, -0.15) is 0 Å². The second-order valence-electron chi connectivity index (χ2n) is 3.12. The molecule has 82 valence electrons. The van der Waals surface area contributed by atoms with Crippen molar-refractivity contribution in [3.05, 3.63) is 12.2 Å². The third-order valence-electron chi connectivity index (χ3n) is 1.93. The Labute approximate surface area is 86.1 Å². The van der Waals surface area contributed by atoms with Crippen LogP contribution in [0.5, 0.6) is 0 Å². The molecule has 0 N–H and O–H groups in total. The third-order valence-corrected chi connectivity index (χ3v) is 1.93. The van der Waals surface area contributed by atoms with E-state index in [9.17, 15) is 4.79 Å². The van der Waals surface area contributed by atoms with Crippen LogP contribution in [-0.2, 0) is 14.3 Å². The van der Waals surface area contributed by atoms with E-state index in [1.807, 2.05) is 0 Å². The van der Waals surface area contributed by atoms with Crippen molar-refractivity contribution in [1.82, 2.24) is 0 Å². The highest BCUT2D eigenvalue weighted by atomic mass is 16.7. The molecule has 0 atom stereocenters. The summed E-state index contributed by atoms with van der Waals surface area (Å²) in [4.78, 5) is 11.3. The number of carbonyl (C=O) groups excluding carboxylic acids is 1. The minimum absolute atomic E-state index is 0.137. The van der Waals surface area contributed by atoms with E-state index >= 15 is 0 Å². The Morgan fingerprint density at radius 1 is 1.29 bits per heavy atom. The molecule has 0 aromatic carbocycles. The summed E-state index contributed by atoms with van der Waals surface area (Å²) in [5.74, 6) is 0.137. The minimum atomic E-state index is -0.412. The molecule has 0 aromatic heterocycles. The average molecular weight is 200 g/mol. The van der Waals surface area contributed by atoms with E-state index in [-0.39, 0.29) is 5.78 Å². The number of hydrogen-bond acceptors (Lipinski definition) is 3. The van der Waals surface area contributed by atoms with Crippen LogP contribution in [0.4, 0.5) is 0 Å². The van der Waals surface area contributed by atoms with Crippen LogP contribution in [0.15, 0.2) is 12.2 Å². The summed E-state index contributed by atoms with van der Waals surface area (Å²) < 4.78 is 9.83. The van der Waals surface area contributed by atoms with Crippen LogP contribution in [0.3, 0.4) is 0 Å². The number of ether oxygens (including phenoxy) is 2. The largest absolute Gasteiger partial charge is 0.352 e. The zero-order chi connectivity index (χ0) is 10.8. The highest BCUT2D eigenvalue weighted by Gasteiger charge is 2.00. The number of carbonyl (C=O) groups is 1. The van der Waals surface area contributed by atoms with Gasteiger partial charge in [-0.15, -0.1) is 0 Å². The SMILES string of the molecule is CCCCCC(=O)/C=C/C(OC)OC. The lowest BCUT2D eigenvalue weighted by Crippen LogP contribution is -2.09. The van der Waals surface area contributed by atoms with E-state index in [0.717, 1.165) is 19.3 Å². The maximum atomic E-state index is 11.3. The summed E-state index contributed by atoms with van der Waals surface area (Å²) in [6.45, 7) is 2.12. The van der Waals surface area contributed by atoms with Crippen molar-refractivity contribution in [2.24, 2.45) is 0 Å². The van der Waals surface area contributed by atoms with Crippen LogP contribution < -0.4 is 0 Å². The first kappa shape index (κ1) is 13.3. The molecule has 0 aliphatic rings. The van der Waals surface area contributed by atoms with Gasteiger partial charge >= 0.3 is 0 Å². The lowest BCUT2D eigenvalue weighted by molar-refractivity contribution is -0.115. The Balaban J connectivity index is 3.68. The second-order valence-corrected chi connectivity index (χ2v) is 3.12. The first-order valence-electron chi connectivity index (χ1n) is 5.01. The number of ketones is 1. The molecule has 0 saturated carbocycles. The van der Waals surface area contributed by atoms with E-state index in [1.54, 1.807) is 20.3 Å². The van der Waals surface area contributed by atoms with Crippen molar-refractivity contribution in [2.75, 3.05) is 14.2 Å². The average Bonchev–Trinajstić information content (AvgIpc) is 2.20. The molecule has 0 amide bonds. The zero-order valence-corrected chi connectivity index (χ0v) is 9.29. The molecule has 0 aliphatic carbocycles. The first-order chi connectivity index (χ1) is 6.74. The molecule has 3 heteroatoms. The summed E-state index contributed by atoms with van der Waals surface area (Å²) in [6.07, 6.45) is 6.58. The van der Waals surface area contributed by atoms with Crippen molar-refractivity contribution in [1.29, 1.82) is 0 Å². The molecule has 0 unspecified atom stereocenters. The van der Waals surface area contributed by atoms with Crippen molar-refractivity contribution in [3.8, 4) is 0 Å². The van der Waals surface area contributed by atoms with Gasteiger partial charge in [0.25, 0.3) is 0 Å². The molecule has 3 nitrogen and oxygen atoms in total. The van der Waals surface area contributed by atoms with Gasteiger partial charge in [-0.1, -0.05) is 19.8 Å². The van der Waals surface area contributed by atoms with Gasteiger partial charge in [0.1, 0.15) is 0 Å². The monoisotopic (exact) mass is 200 g/mol. The second kappa shape index (κ2) is 8.91. The van der Waals surface area contributed by atoms with E-state index < -0.39 is 6.29 Å². The molecule has 0 aromatic rings. The standard InChI is InChI=1S/C11H20O3/c1-4-5-6-7-10(12)8-9-11(13-2)14-3/h8-9,11H,4-7H2,1-3H3/b9-8+. The fraction of sp³-hybridized carbons (Fsp3) is 0.727. The van der Waals surface area contributed by atoms with Crippen LogP contribution in [-0.4, -0.2) is 26.3 Å². The molecular formula is C11H20O3. The van der Waals surface area contributed by atoms with Crippen molar-refractivity contribution < 1.29 is 14.3 Å². The quantitative estimate of drug-likeness (QED) is 0.342. The van der Waals surface area contributed by atoms with Crippen LogP contribution in [0.2, 0.25) is 0 Å². The van der Waals surface area contributed by atoms with Gasteiger partial charge in [-0.25, -0.2) is 0 Å².